The minimum Gasteiger partial charge on any atom is -0.369 e. The van der Waals surface area contributed by atoms with E-state index in [9.17, 15) is 4.79 Å². The number of hydrogen-bond acceptors (Lipinski definition) is 5. The van der Waals surface area contributed by atoms with E-state index in [-0.39, 0.29) is 17.7 Å². The highest BCUT2D eigenvalue weighted by Crippen LogP contribution is 2.23. The van der Waals surface area contributed by atoms with Crippen LogP contribution in [0.15, 0.2) is 34.9 Å². The van der Waals surface area contributed by atoms with Gasteiger partial charge in [-0.2, -0.15) is 4.98 Å². The SMILES string of the molecule is C[C@@H]1CN(Cc2nc(CCc3ccccc3)no2)C[C@H]1C(N)=O. The summed E-state index contributed by atoms with van der Waals surface area (Å²) in [4.78, 5) is 18.0. The number of aromatic nitrogens is 2. The zero-order valence-corrected chi connectivity index (χ0v) is 13.3. The molecule has 1 aliphatic heterocycles. The number of hydrogen-bond donors (Lipinski definition) is 1. The van der Waals surface area contributed by atoms with Crippen LogP contribution in [0.1, 0.15) is 24.2 Å². The highest BCUT2D eigenvalue weighted by molar-refractivity contribution is 5.77. The van der Waals surface area contributed by atoms with E-state index in [1.165, 1.54) is 5.56 Å². The average Bonchev–Trinajstić information content (AvgIpc) is 3.13. The molecule has 3 rings (SSSR count). The van der Waals surface area contributed by atoms with Crippen LogP contribution in [0.3, 0.4) is 0 Å². The van der Waals surface area contributed by atoms with Gasteiger partial charge in [0.2, 0.25) is 11.8 Å². The Labute approximate surface area is 135 Å². The summed E-state index contributed by atoms with van der Waals surface area (Å²) in [6, 6.07) is 10.3. The van der Waals surface area contributed by atoms with Gasteiger partial charge >= 0.3 is 0 Å². The van der Waals surface area contributed by atoms with Crippen LogP contribution in [0, 0.1) is 11.8 Å². The summed E-state index contributed by atoms with van der Waals surface area (Å²) >= 11 is 0. The summed E-state index contributed by atoms with van der Waals surface area (Å²) in [5.41, 5.74) is 6.69. The van der Waals surface area contributed by atoms with Crippen molar-refractivity contribution in [3.05, 3.63) is 47.6 Å². The molecule has 2 aromatic rings. The Morgan fingerprint density at radius 3 is 2.78 bits per heavy atom. The number of amides is 1. The quantitative estimate of drug-likeness (QED) is 0.871. The van der Waals surface area contributed by atoms with Crippen molar-refractivity contribution in [2.75, 3.05) is 13.1 Å². The van der Waals surface area contributed by atoms with Gasteiger partial charge in [-0.25, -0.2) is 0 Å². The van der Waals surface area contributed by atoms with Crippen molar-refractivity contribution in [1.82, 2.24) is 15.0 Å². The van der Waals surface area contributed by atoms with E-state index in [0.29, 0.717) is 19.0 Å². The second kappa shape index (κ2) is 6.91. The normalized spacial score (nSPS) is 21.6. The topological polar surface area (TPSA) is 85.2 Å². The minimum atomic E-state index is -0.228. The molecule has 0 radical (unpaired) electrons. The standard InChI is InChI=1S/C17H22N4O2/c1-12-9-21(10-14(12)17(18)22)11-16-19-15(20-23-16)8-7-13-5-3-2-4-6-13/h2-6,12,14H,7-11H2,1H3,(H2,18,22)/t12-,14-/m1/s1. The maximum absolute atomic E-state index is 11.4. The van der Waals surface area contributed by atoms with Gasteiger partial charge in [0.15, 0.2) is 5.82 Å². The van der Waals surface area contributed by atoms with Crippen LogP contribution in [0.4, 0.5) is 0 Å². The lowest BCUT2D eigenvalue weighted by atomic mass is 9.98. The van der Waals surface area contributed by atoms with Gasteiger partial charge in [-0.1, -0.05) is 42.4 Å². The number of benzene rings is 1. The first-order chi connectivity index (χ1) is 11.1. The van der Waals surface area contributed by atoms with Crippen LogP contribution < -0.4 is 5.73 Å². The molecule has 1 aliphatic rings. The predicted octanol–water partition coefficient (Wildman–Crippen LogP) is 1.41. The molecule has 0 bridgehead atoms. The molecule has 2 atom stereocenters. The lowest BCUT2D eigenvalue weighted by molar-refractivity contribution is -0.122. The monoisotopic (exact) mass is 314 g/mol. The van der Waals surface area contributed by atoms with E-state index in [1.54, 1.807) is 0 Å². The Hall–Kier alpha value is -2.21. The maximum Gasteiger partial charge on any atom is 0.240 e. The number of primary amides is 1. The average molecular weight is 314 g/mol. The van der Waals surface area contributed by atoms with Gasteiger partial charge in [0.05, 0.1) is 12.5 Å². The van der Waals surface area contributed by atoms with E-state index in [4.69, 9.17) is 10.3 Å². The first-order valence-electron chi connectivity index (χ1n) is 7.99. The molecule has 6 heteroatoms. The molecular formula is C17H22N4O2. The number of carbonyl (C=O) groups excluding carboxylic acids is 1. The number of nitrogens with zero attached hydrogens (tertiary/aromatic N) is 3. The van der Waals surface area contributed by atoms with Crippen molar-refractivity contribution in [2.45, 2.75) is 26.3 Å². The molecule has 0 unspecified atom stereocenters. The maximum atomic E-state index is 11.4. The van der Waals surface area contributed by atoms with Crippen LogP contribution >= 0.6 is 0 Å². The van der Waals surface area contributed by atoms with Crippen LogP contribution in [-0.2, 0) is 24.2 Å². The van der Waals surface area contributed by atoms with Crippen LogP contribution in [-0.4, -0.2) is 34.0 Å². The summed E-state index contributed by atoms with van der Waals surface area (Å²) in [6.45, 7) is 4.12. The number of nitrogens with two attached hydrogens (primary N) is 1. The third-order valence-electron chi connectivity index (χ3n) is 4.40. The van der Waals surface area contributed by atoms with Crippen LogP contribution in [0.2, 0.25) is 0 Å². The Morgan fingerprint density at radius 1 is 1.30 bits per heavy atom. The molecule has 1 aromatic heterocycles. The summed E-state index contributed by atoms with van der Waals surface area (Å²) < 4.78 is 5.33. The first kappa shape index (κ1) is 15.7. The lowest BCUT2D eigenvalue weighted by Gasteiger charge is -2.11. The Morgan fingerprint density at radius 2 is 2.09 bits per heavy atom. The molecule has 2 N–H and O–H groups in total. The highest BCUT2D eigenvalue weighted by Gasteiger charge is 2.33. The Bertz CT molecular complexity index is 656. The van der Waals surface area contributed by atoms with Crippen molar-refractivity contribution in [2.24, 2.45) is 17.6 Å². The molecule has 1 aromatic carbocycles. The lowest BCUT2D eigenvalue weighted by Crippen LogP contribution is -2.29. The predicted molar refractivity (Wildman–Crippen MR) is 85.3 cm³/mol. The third kappa shape index (κ3) is 3.96. The van der Waals surface area contributed by atoms with E-state index in [1.807, 2.05) is 18.2 Å². The van der Waals surface area contributed by atoms with Crippen molar-refractivity contribution in [1.29, 1.82) is 0 Å². The molecule has 1 saturated heterocycles. The summed E-state index contributed by atoms with van der Waals surface area (Å²) in [7, 11) is 0. The molecule has 1 amide bonds. The molecule has 0 saturated carbocycles. The third-order valence-corrected chi connectivity index (χ3v) is 4.40. The second-order valence-corrected chi connectivity index (χ2v) is 6.27. The van der Waals surface area contributed by atoms with E-state index in [0.717, 1.165) is 25.2 Å². The number of aryl methyl sites for hydroxylation is 2. The fourth-order valence-corrected chi connectivity index (χ4v) is 3.11. The smallest absolute Gasteiger partial charge is 0.240 e. The molecule has 23 heavy (non-hydrogen) atoms. The van der Waals surface area contributed by atoms with E-state index in [2.05, 4.69) is 34.1 Å². The number of rotatable bonds is 6. The molecule has 1 fully saturated rings. The van der Waals surface area contributed by atoms with Gasteiger partial charge in [0.1, 0.15) is 0 Å². The van der Waals surface area contributed by atoms with Gasteiger partial charge in [-0.15, -0.1) is 0 Å². The zero-order valence-electron chi connectivity index (χ0n) is 13.3. The molecule has 0 spiro atoms. The molecule has 6 nitrogen and oxygen atoms in total. The summed E-state index contributed by atoms with van der Waals surface area (Å²) in [5, 5.41) is 4.04. The number of likely N-dealkylation sites (tertiary alicyclic amines) is 1. The summed E-state index contributed by atoms with van der Waals surface area (Å²) in [5.74, 6) is 1.28. The Balaban J connectivity index is 1.53. The van der Waals surface area contributed by atoms with Gasteiger partial charge in [0, 0.05) is 19.5 Å². The van der Waals surface area contributed by atoms with Crippen LogP contribution in [0.5, 0.6) is 0 Å². The van der Waals surface area contributed by atoms with Crippen molar-refractivity contribution < 1.29 is 9.32 Å². The Kier molecular flexibility index (Phi) is 4.71. The summed E-state index contributed by atoms with van der Waals surface area (Å²) in [6.07, 6.45) is 1.65. The zero-order chi connectivity index (χ0) is 16.2. The fourth-order valence-electron chi connectivity index (χ4n) is 3.11. The van der Waals surface area contributed by atoms with E-state index >= 15 is 0 Å². The molecule has 0 aliphatic carbocycles. The van der Waals surface area contributed by atoms with Gasteiger partial charge in [0.25, 0.3) is 0 Å². The highest BCUT2D eigenvalue weighted by atomic mass is 16.5. The van der Waals surface area contributed by atoms with Crippen molar-refractivity contribution in [3.63, 3.8) is 0 Å². The fraction of sp³-hybridized carbons (Fsp3) is 0.471. The van der Waals surface area contributed by atoms with Crippen molar-refractivity contribution >= 4 is 5.91 Å². The molecule has 2 heterocycles. The van der Waals surface area contributed by atoms with Gasteiger partial charge in [-0.3, -0.25) is 9.69 Å². The largest absolute Gasteiger partial charge is 0.369 e. The van der Waals surface area contributed by atoms with Crippen LogP contribution in [0.25, 0.3) is 0 Å². The molecule has 122 valence electrons. The van der Waals surface area contributed by atoms with Gasteiger partial charge < -0.3 is 10.3 Å². The van der Waals surface area contributed by atoms with E-state index < -0.39 is 0 Å². The minimum absolute atomic E-state index is 0.0875. The van der Waals surface area contributed by atoms with Gasteiger partial charge in [-0.05, 0) is 17.9 Å². The van der Waals surface area contributed by atoms with Crippen molar-refractivity contribution in [3.8, 4) is 0 Å². The second-order valence-electron chi connectivity index (χ2n) is 6.27. The number of carbonyl (C=O) groups is 1. The first-order valence-corrected chi connectivity index (χ1v) is 7.99. The molecular weight excluding hydrogens is 292 g/mol.